The second-order valence-electron chi connectivity index (χ2n) is 3.99. The van der Waals surface area contributed by atoms with Crippen LogP contribution < -0.4 is 5.32 Å². The Labute approximate surface area is 85.3 Å². The van der Waals surface area contributed by atoms with Crippen molar-refractivity contribution in [3.05, 3.63) is 35.6 Å². The summed E-state index contributed by atoms with van der Waals surface area (Å²) in [7, 11) is 0. The first-order chi connectivity index (χ1) is 6.68. The first-order valence-electron chi connectivity index (χ1n) is 5.13. The molecule has 78 valence electrons. The van der Waals surface area contributed by atoms with Crippen LogP contribution in [0.25, 0.3) is 0 Å². The van der Waals surface area contributed by atoms with E-state index in [0.717, 1.165) is 24.6 Å². The Hall–Kier alpha value is -0.890. The molecule has 1 aromatic carbocycles. The molecular weight excluding hydrogens is 177 g/mol. The van der Waals surface area contributed by atoms with Crippen LogP contribution in [0.5, 0.6) is 0 Å². The van der Waals surface area contributed by atoms with Gasteiger partial charge in [0.1, 0.15) is 5.82 Å². The number of benzene rings is 1. The Kier molecular flexibility index (Phi) is 4.60. The van der Waals surface area contributed by atoms with Gasteiger partial charge in [0.25, 0.3) is 0 Å². The minimum atomic E-state index is -0.170. The molecule has 0 fully saturated rings. The predicted molar refractivity (Wildman–Crippen MR) is 57.6 cm³/mol. The molecule has 0 spiro atoms. The van der Waals surface area contributed by atoms with Crippen LogP contribution >= 0.6 is 0 Å². The molecule has 1 aromatic rings. The zero-order valence-corrected chi connectivity index (χ0v) is 8.89. The lowest BCUT2D eigenvalue weighted by atomic mass is 10.1. The molecule has 0 aliphatic heterocycles. The average Bonchev–Trinajstić information content (AvgIpc) is 2.15. The normalized spacial score (nSPS) is 10.9. The van der Waals surface area contributed by atoms with Crippen LogP contribution in [0, 0.1) is 11.7 Å². The van der Waals surface area contributed by atoms with Crippen LogP contribution in [0.1, 0.15) is 25.8 Å². The average molecular weight is 195 g/mol. The zero-order valence-electron chi connectivity index (χ0n) is 8.89. The number of hydrogen-bond donors (Lipinski definition) is 1. The second kappa shape index (κ2) is 5.76. The molecule has 1 rings (SSSR count). The molecule has 0 aliphatic rings. The summed E-state index contributed by atoms with van der Waals surface area (Å²) < 4.78 is 12.6. The van der Waals surface area contributed by atoms with Crippen molar-refractivity contribution in [3.63, 3.8) is 0 Å². The van der Waals surface area contributed by atoms with E-state index in [0.29, 0.717) is 0 Å². The van der Waals surface area contributed by atoms with Crippen LogP contribution in [0.3, 0.4) is 0 Å². The summed E-state index contributed by atoms with van der Waals surface area (Å²) in [4.78, 5) is 0. The monoisotopic (exact) mass is 195 g/mol. The van der Waals surface area contributed by atoms with Gasteiger partial charge in [-0.25, -0.2) is 4.39 Å². The quantitative estimate of drug-likeness (QED) is 0.712. The fourth-order valence-corrected chi connectivity index (χ4v) is 1.23. The number of hydrogen-bond acceptors (Lipinski definition) is 1. The van der Waals surface area contributed by atoms with Crippen molar-refractivity contribution in [3.8, 4) is 0 Å². The van der Waals surface area contributed by atoms with Crippen molar-refractivity contribution in [2.24, 2.45) is 5.92 Å². The number of halogens is 1. The summed E-state index contributed by atoms with van der Waals surface area (Å²) in [6.07, 6.45) is 1.18. The van der Waals surface area contributed by atoms with Crippen LogP contribution in [0.15, 0.2) is 24.3 Å². The fourth-order valence-electron chi connectivity index (χ4n) is 1.23. The third-order valence-corrected chi connectivity index (χ3v) is 2.14. The van der Waals surface area contributed by atoms with Crippen molar-refractivity contribution >= 4 is 0 Å². The van der Waals surface area contributed by atoms with Gasteiger partial charge in [-0.05, 0) is 36.6 Å². The minimum absolute atomic E-state index is 0.170. The van der Waals surface area contributed by atoms with Crippen LogP contribution in [-0.4, -0.2) is 6.54 Å². The maximum absolute atomic E-state index is 12.6. The van der Waals surface area contributed by atoms with Gasteiger partial charge in [-0.15, -0.1) is 0 Å². The van der Waals surface area contributed by atoms with Gasteiger partial charge in [0.05, 0.1) is 0 Å². The number of nitrogens with one attached hydrogen (secondary N) is 1. The molecule has 2 heteroatoms. The molecule has 1 nitrogen and oxygen atoms in total. The lowest BCUT2D eigenvalue weighted by Gasteiger charge is -2.06. The molecule has 0 atom stereocenters. The van der Waals surface area contributed by atoms with Crippen LogP contribution in [-0.2, 0) is 6.54 Å². The largest absolute Gasteiger partial charge is 0.313 e. The molecule has 0 bridgehead atoms. The Morgan fingerprint density at radius 2 is 1.86 bits per heavy atom. The van der Waals surface area contributed by atoms with E-state index in [1.165, 1.54) is 18.6 Å². The number of rotatable bonds is 5. The Balaban J connectivity index is 2.21. The molecule has 0 amide bonds. The highest BCUT2D eigenvalue weighted by atomic mass is 19.1. The topological polar surface area (TPSA) is 12.0 Å². The molecule has 0 unspecified atom stereocenters. The molecule has 1 N–H and O–H groups in total. The van der Waals surface area contributed by atoms with Crippen molar-refractivity contribution in [1.82, 2.24) is 5.32 Å². The van der Waals surface area contributed by atoms with E-state index in [4.69, 9.17) is 0 Å². The van der Waals surface area contributed by atoms with E-state index in [9.17, 15) is 4.39 Å². The van der Waals surface area contributed by atoms with E-state index in [1.807, 2.05) is 12.1 Å². The standard InChI is InChI=1S/C12H18FN/c1-10(2)7-8-14-9-11-3-5-12(13)6-4-11/h3-6,10,14H,7-9H2,1-2H3. The van der Waals surface area contributed by atoms with Gasteiger partial charge in [0.15, 0.2) is 0 Å². The van der Waals surface area contributed by atoms with Crippen molar-refractivity contribution in [2.75, 3.05) is 6.54 Å². The van der Waals surface area contributed by atoms with E-state index in [-0.39, 0.29) is 5.82 Å². The van der Waals surface area contributed by atoms with E-state index in [1.54, 1.807) is 0 Å². The molecule has 0 saturated carbocycles. The first kappa shape index (κ1) is 11.2. The van der Waals surface area contributed by atoms with Crippen molar-refractivity contribution < 1.29 is 4.39 Å². The van der Waals surface area contributed by atoms with Gasteiger partial charge < -0.3 is 5.32 Å². The smallest absolute Gasteiger partial charge is 0.123 e. The summed E-state index contributed by atoms with van der Waals surface area (Å²) in [6, 6.07) is 6.63. The predicted octanol–water partition coefficient (Wildman–Crippen LogP) is 2.96. The Bertz CT molecular complexity index is 254. The van der Waals surface area contributed by atoms with Crippen molar-refractivity contribution in [2.45, 2.75) is 26.8 Å². The summed E-state index contributed by atoms with van der Waals surface area (Å²) in [5.41, 5.74) is 1.13. The van der Waals surface area contributed by atoms with Crippen LogP contribution in [0.2, 0.25) is 0 Å². The zero-order chi connectivity index (χ0) is 10.4. The first-order valence-corrected chi connectivity index (χ1v) is 5.13. The van der Waals surface area contributed by atoms with Gasteiger partial charge >= 0.3 is 0 Å². The molecule has 0 aliphatic carbocycles. The van der Waals surface area contributed by atoms with Gasteiger partial charge in [-0.1, -0.05) is 26.0 Å². The highest BCUT2D eigenvalue weighted by molar-refractivity contribution is 5.15. The molecule has 0 saturated heterocycles. The maximum Gasteiger partial charge on any atom is 0.123 e. The van der Waals surface area contributed by atoms with Gasteiger partial charge in [-0.3, -0.25) is 0 Å². The van der Waals surface area contributed by atoms with Gasteiger partial charge in [0.2, 0.25) is 0 Å². The van der Waals surface area contributed by atoms with Crippen molar-refractivity contribution in [1.29, 1.82) is 0 Å². The summed E-state index contributed by atoms with van der Waals surface area (Å²) in [6.45, 7) is 6.27. The fraction of sp³-hybridized carbons (Fsp3) is 0.500. The molecule has 14 heavy (non-hydrogen) atoms. The second-order valence-corrected chi connectivity index (χ2v) is 3.99. The van der Waals surface area contributed by atoms with Gasteiger partial charge in [-0.2, -0.15) is 0 Å². The van der Waals surface area contributed by atoms with Gasteiger partial charge in [0, 0.05) is 6.54 Å². The van der Waals surface area contributed by atoms with E-state index >= 15 is 0 Å². The third-order valence-electron chi connectivity index (χ3n) is 2.14. The third kappa shape index (κ3) is 4.38. The SMILES string of the molecule is CC(C)CCNCc1ccc(F)cc1. The highest BCUT2D eigenvalue weighted by Gasteiger charge is 1.95. The molecule has 0 radical (unpaired) electrons. The highest BCUT2D eigenvalue weighted by Crippen LogP contribution is 2.02. The summed E-state index contributed by atoms with van der Waals surface area (Å²) in [5, 5.41) is 3.33. The van der Waals surface area contributed by atoms with E-state index in [2.05, 4.69) is 19.2 Å². The molecule has 0 aromatic heterocycles. The maximum atomic E-state index is 12.6. The Morgan fingerprint density at radius 3 is 2.43 bits per heavy atom. The Morgan fingerprint density at radius 1 is 1.21 bits per heavy atom. The molecule has 0 heterocycles. The minimum Gasteiger partial charge on any atom is -0.313 e. The summed E-state index contributed by atoms with van der Waals surface area (Å²) >= 11 is 0. The van der Waals surface area contributed by atoms with E-state index < -0.39 is 0 Å². The summed E-state index contributed by atoms with van der Waals surface area (Å²) in [5.74, 6) is 0.562. The van der Waals surface area contributed by atoms with Crippen LogP contribution in [0.4, 0.5) is 4.39 Å². The lowest BCUT2D eigenvalue weighted by Crippen LogP contribution is -2.16. The lowest BCUT2D eigenvalue weighted by molar-refractivity contribution is 0.537. The molecular formula is C12H18FN.